The van der Waals surface area contributed by atoms with Crippen LogP contribution in [0.25, 0.3) is 0 Å². The molecule has 5 nitrogen and oxygen atoms in total. The largest absolute Gasteiger partial charge is 0.496 e. The quantitative estimate of drug-likeness (QED) is 0.901. The fraction of sp³-hybridized carbons (Fsp3) is 0.562. The third kappa shape index (κ3) is 4.39. The first kappa shape index (κ1) is 18.5. The Kier molecular flexibility index (Phi) is 5.71. The Morgan fingerprint density at radius 1 is 1.29 bits per heavy atom. The summed E-state index contributed by atoms with van der Waals surface area (Å²) in [5.41, 5.74) is 1.40. The smallest absolute Gasteiger partial charge is 0.415 e. The second-order valence-corrected chi connectivity index (χ2v) is 5.83. The predicted molar refractivity (Wildman–Crippen MR) is 82.1 cm³/mol. The number of hydrogen-bond donors (Lipinski definition) is 1. The van der Waals surface area contributed by atoms with E-state index < -0.39 is 18.8 Å². The van der Waals surface area contributed by atoms with E-state index in [0.717, 1.165) is 5.56 Å². The third-order valence-electron chi connectivity index (χ3n) is 4.12. The van der Waals surface area contributed by atoms with Crippen LogP contribution in [0.15, 0.2) is 18.2 Å². The molecule has 1 amide bonds. The molecule has 1 saturated heterocycles. The third-order valence-corrected chi connectivity index (χ3v) is 4.12. The molecule has 1 fully saturated rings. The highest BCUT2D eigenvalue weighted by Crippen LogP contribution is 2.22. The van der Waals surface area contributed by atoms with Gasteiger partial charge in [-0.05, 0) is 24.6 Å². The molecular formula is C16H21F3N2O3. The molecule has 2 rings (SSSR count). The number of aliphatic hydroxyl groups excluding tert-OH is 1. The summed E-state index contributed by atoms with van der Waals surface area (Å²) >= 11 is 0. The summed E-state index contributed by atoms with van der Waals surface area (Å²) in [6.45, 7) is 2.63. The zero-order chi connectivity index (χ0) is 17.9. The van der Waals surface area contributed by atoms with Gasteiger partial charge in [0.1, 0.15) is 5.75 Å². The highest BCUT2D eigenvalue weighted by Gasteiger charge is 2.39. The molecule has 0 aliphatic carbocycles. The van der Waals surface area contributed by atoms with Crippen LogP contribution in [0.4, 0.5) is 13.2 Å². The molecule has 1 aliphatic rings. The number of piperazine rings is 1. The normalized spacial score (nSPS) is 17.7. The van der Waals surface area contributed by atoms with Crippen LogP contribution in [0.3, 0.4) is 0 Å². The van der Waals surface area contributed by atoms with Gasteiger partial charge in [0.15, 0.2) is 6.10 Å². The van der Waals surface area contributed by atoms with Crippen molar-refractivity contribution in [3.8, 4) is 5.75 Å². The fourth-order valence-corrected chi connectivity index (χ4v) is 2.62. The van der Waals surface area contributed by atoms with E-state index in [4.69, 9.17) is 9.84 Å². The van der Waals surface area contributed by atoms with Gasteiger partial charge in [0.2, 0.25) is 0 Å². The number of alkyl halides is 3. The number of β-amino-alcohol motifs (C(OH)–C–C–N with tert-alkyl or cyclic N) is 1. The van der Waals surface area contributed by atoms with Crippen molar-refractivity contribution < 1.29 is 27.8 Å². The van der Waals surface area contributed by atoms with Gasteiger partial charge in [0.05, 0.1) is 7.11 Å². The summed E-state index contributed by atoms with van der Waals surface area (Å²) < 4.78 is 42.3. The fourth-order valence-electron chi connectivity index (χ4n) is 2.62. The molecule has 24 heavy (non-hydrogen) atoms. The number of aliphatic hydroxyl groups is 1. The van der Waals surface area contributed by atoms with Crippen LogP contribution in [0.1, 0.15) is 15.9 Å². The van der Waals surface area contributed by atoms with Gasteiger partial charge >= 0.3 is 6.18 Å². The van der Waals surface area contributed by atoms with E-state index in [1.165, 1.54) is 12.0 Å². The molecule has 1 aliphatic heterocycles. The number of hydrogen-bond acceptors (Lipinski definition) is 4. The molecule has 1 atom stereocenters. The minimum atomic E-state index is -4.62. The Balaban J connectivity index is 1.93. The standard InChI is InChI=1S/C16H21F3N2O3/c1-11-3-4-12(9-13(11)24-2)15(23)21-7-5-20(6-8-21)10-14(22)16(17,18)19/h3-4,9,14,22H,5-8,10H2,1-2H3. The van der Waals surface area contributed by atoms with Gasteiger partial charge in [0.25, 0.3) is 5.91 Å². The van der Waals surface area contributed by atoms with Crippen molar-refractivity contribution in [1.82, 2.24) is 9.80 Å². The first-order valence-electron chi connectivity index (χ1n) is 7.63. The van der Waals surface area contributed by atoms with Gasteiger partial charge in [-0.2, -0.15) is 13.2 Å². The van der Waals surface area contributed by atoms with Gasteiger partial charge < -0.3 is 14.7 Å². The molecule has 8 heteroatoms. The van der Waals surface area contributed by atoms with Crippen LogP contribution in [0.2, 0.25) is 0 Å². The maximum Gasteiger partial charge on any atom is 0.415 e. The first-order chi connectivity index (χ1) is 11.2. The lowest BCUT2D eigenvalue weighted by atomic mass is 10.1. The maximum atomic E-state index is 12.5. The van der Waals surface area contributed by atoms with Crippen molar-refractivity contribution in [2.24, 2.45) is 0 Å². The van der Waals surface area contributed by atoms with Crippen LogP contribution in [-0.4, -0.2) is 72.9 Å². The van der Waals surface area contributed by atoms with Crippen LogP contribution in [0, 0.1) is 6.92 Å². The minimum absolute atomic E-state index is 0.177. The SMILES string of the molecule is COc1cc(C(=O)N2CCN(CC(O)C(F)(F)F)CC2)ccc1C. The topological polar surface area (TPSA) is 53.0 Å². The Morgan fingerprint density at radius 3 is 2.46 bits per heavy atom. The molecular weight excluding hydrogens is 325 g/mol. The van der Waals surface area contributed by atoms with Gasteiger partial charge in [0, 0.05) is 38.3 Å². The van der Waals surface area contributed by atoms with E-state index in [9.17, 15) is 18.0 Å². The number of carbonyl (C=O) groups is 1. The molecule has 0 radical (unpaired) electrons. The summed E-state index contributed by atoms with van der Waals surface area (Å²) in [4.78, 5) is 15.6. The van der Waals surface area contributed by atoms with Crippen molar-refractivity contribution >= 4 is 5.91 Å². The number of nitrogens with zero attached hydrogens (tertiary/aromatic N) is 2. The summed E-state index contributed by atoms with van der Waals surface area (Å²) in [6, 6.07) is 5.17. The van der Waals surface area contributed by atoms with E-state index >= 15 is 0 Å². The van der Waals surface area contributed by atoms with Crippen molar-refractivity contribution in [3.05, 3.63) is 29.3 Å². The van der Waals surface area contributed by atoms with Gasteiger partial charge in [-0.25, -0.2) is 0 Å². The van der Waals surface area contributed by atoms with E-state index in [2.05, 4.69) is 0 Å². The van der Waals surface area contributed by atoms with E-state index in [1.807, 2.05) is 6.92 Å². The predicted octanol–water partition coefficient (Wildman–Crippen LogP) is 1.68. The summed E-state index contributed by atoms with van der Waals surface area (Å²) in [6.07, 6.45) is -6.98. The Hall–Kier alpha value is -1.80. The summed E-state index contributed by atoms with van der Waals surface area (Å²) in [7, 11) is 1.53. The highest BCUT2D eigenvalue weighted by atomic mass is 19.4. The molecule has 0 bridgehead atoms. The molecule has 1 unspecified atom stereocenters. The van der Waals surface area contributed by atoms with Crippen molar-refractivity contribution in [2.75, 3.05) is 39.8 Å². The zero-order valence-corrected chi connectivity index (χ0v) is 13.6. The van der Waals surface area contributed by atoms with Crippen LogP contribution < -0.4 is 4.74 Å². The average Bonchev–Trinajstić information content (AvgIpc) is 2.54. The Morgan fingerprint density at radius 2 is 1.92 bits per heavy atom. The van der Waals surface area contributed by atoms with Crippen molar-refractivity contribution in [1.29, 1.82) is 0 Å². The zero-order valence-electron chi connectivity index (χ0n) is 13.6. The number of ether oxygens (including phenoxy) is 1. The molecule has 1 heterocycles. The molecule has 1 aromatic rings. The lowest BCUT2D eigenvalue weighted by Crippen LogP contribution is -2.52. The van der Waals surface area contributed by atoms with E-state index in [-0.39, 0.29) is 5.91 Å². The molecule has 1 aromatic carbocycles. The van der Waals surface area contributed by atoms with Crippen molar-refractivity contribution in [2.45, 2.75) is 19.2 Å². The number of benzene rings is 1. The van der Waals surface area contributed by atoms with Crippen LogP contribution in [-0.2, 0) is 0 Å². The molecule has 0 saturated carbocycles. The number of methoxy groups -OCH3 is 1. The molecule has 1 N–H and O–H groups in total. The average molecular weight is 346 g/mol. The van der Waals surface area contributed by atoms with Crippen LogP contribution >= 0.6 is 0 Å². The minimum Gasteiger partial charge on any atom is -0.496 e. The van der Waals surface area contributed by atoms with E-state index in [0.29, 0.717) is 37.5 Å². The second kappa shape index (κ2) is 7.40. The van der Waals surface area contributed by atoms with Crippen LogP contribution in [0.5, 0.6) is 5.75 Å². The Labute approximate surface area is 138 Å². The first-order valence-corrected chi connectivity index (χ1v) is 7.63. The monoisotopic (exact) mass is 346 g/mol. The van der Waals surface area contributed by atoms with Gasteiger partial charge in [-0.3, -0.25) is 9.69 Å². The van der Waals surface area contributed by atoms with Gasteiger partial charge in [-0.15, -0.1) is 0 Å². The Bertz CT molecular complexity index is 584. The molecule has 134 valence electrons. The lowest BCUT2D eigenvalue weighted by molar-refractivity contribution is -0.208. The lowest BCUT2D eigenvalue weighted by Gasteiger charge is -2.35. The van der Waals surface area contributed by atoms with Gasteiger partial charge in [-0.1, -0.05) is 6.07 Å². The van der Waals surface area contributed by atoms with E-state index in [1.54, 1.807) is 23.1 Å². The summed E-state index contributed by atoms with van der Waals surface area (Å²) in [5, 5.41) is 9.11. The second-order valence-electron chi connectivity index (χ2n) is 5.83. The number of amides is 1. The highest BCUT2D eigenvalue weighted by molar-refractivity contribution is 5.94. The van der Waals surface area contributed by atoms with Crippen molar-refractivity contribution in [3.63, 3.8) is 0 Å². The summed E-state index contributed by atoms with van der Waals surface area (Å²) in [5.74, 6) is 0.442. The molecule has 0 spiro atoms. The molecule has 0 aromatic heterocycles. The number of carbonyl (C=O) groups excluding carboxylic acids is 1. The number of halogens is 3. The number of aryl methyl sites for hydroxylation is 1. The maximum absolute atomic E-state index is 12.5. The number of rotatable bonds is 4.